The van der Waals surface area contributed by atoms with E-state index in [-0.39, 0.29) is 17.2 Å². The summed E-state index contributed by atoms with van der Waals surface area (Å²) in [4.78, 5) is 29.1. The van der Waals surface area contributed by atoms with Crippen LogP contribution in [0.3, 0.4) is 0 Å². The second-order valence-electron chi connectivity index (χ2n) is 5.22. The predicted octanol–water partition coefficient (Wildman–Crippen LogP) is 1.31. The Morgan fingerprint density at radius 3 is 2.87 bits per heavy atom. The van der Waals surface area contributed by atoms with Crippen LogP contribution in [-0.4, -0.2) is 25.1 Å². The Kier molecular flexibility index (Phi) is 3.92. The first-order valence-corrected chi connectivity index (χ1v) is 7.37. The monoisotopic (exact) mass is 311 g/mol. The van der Waals surface area contributed by atoms with Crippen LogP contribution < -0.4 is 10.9 Å². The Balaban J connectivity index is 1.93. The maximum Gasteiger partial charge on any atom is 0.270 e. The maximum atomic E-state index is 12.5. The van der Waals surface area contributed by atoms with Crippen LogP contribution in [0.4, 0.5) is 0 Å². The van der Waals surface area contributed by atoms with Gasteiger partial charge in [-0.1, -0.05) is 13.0 Å². The maximum absolute atomic E-state index is 12.5. The highest BCUT2D eigenvalue weighted by Gasteiger charge is 2.19. The molecule has 0 aromatic carbocycles. The molecule has 23 heavy (non-hydrogen) atoms. The first kappa shape index (κ1) is 15.0. The number of aromatic nitrogens is 4. The Morgan fingerprint density at radius 2 is 2.17 bits per heavy atom. The highest BCUT2D eigenvalue weighted by Crippen LogP contribution is 2.15. The third-order valence-electron chi connectivity index (χ3n) is 3.79. The molecule has 3 aromatic heterocycles. The Labute approximate surface area is 132 Å². The lowest BCUT2D eigenvalue weighted by molar-refractivity contribution is 0.0932. The standard InChI is InChI=1S/C16H17N5O2/c1-3-12(13-7-8-18-20(13)2)19-15(22)11-10-17-14-6-4-5-9-21(14)16(11)23/h4-10,12H,3H2,1-2H3,(H,19,22). The zero-order chi connectivity index (χ0) is 16.4. The number of carbonyl (C=O) groups excluding carboxylic acids is 1. The Hall–Kier alpha value is -2.96. The molecule has 0 saturated carbocycles. The summed E-state index contributed by atoms with van der Waals surface area (Å²) in [7, 11) is 1.82. The largest absolute Gasteiger partial charge is 0.343 e. The minimum absolute atomic E-state index is 0.0225. The zero-order valence-corrected chi connectivity index (χ0v) is 12.9. The highest BCUT2D eigenvalue weighted by molar-refractivity contribution is 5.94. The van der Waals surface area contributed by atoms with Crippen molar-refractivity contribution in [3.05, 3.63) is 64.5 Å². The first-order chi connectivity index (χ1) is 11.1. The lowest BCUT2D eigenvalue weighted by Gasteiger charge is -2.17. The second-order valence-corrected chi connectivity index (χ2v) is 5.22. The van der Waals surface area contributed by atoms with Crippen LogP contribution in [0.5, 0.6) is 0 Å². The van der Waals surface area contributed by atoms with E-state index in [4.69, 9.17) is 0 Å². The SMILES string of the molecule is CCC(NC(=O)c1cnc2ccccn2c1=O)c1ccnn1C. The van der Waals surface area contributed by atoms with Crippen molar-refractivity contribution in [2.45, 2.75) is 19.4 Å². The lowest BCUT2D eigenvalue weighted by Crippen LogP contribution is -2.34. The number of pyridine rings is 1. The van der Waals surface area contributed by atoms with Gasteiger partial charge in [-0.25, -0.2) is 4.98 Å². The van der Waals surface area contributed by atoms with E-state index < -0.39 is 5.91 Å². The molecule has 1 N–H and O–H groups in total. The average Bonchev–Trinajstić information content (AvgIpc) is 2.99. The van der Waals surface area contributed by atoms with E-state index in [1.165, 1.54) is 10.6 Å². The number of aryl methyl sites for hydroxylation is 1. The number of hydrogen-bond acceptors (Lipinski definition) is 4. The molecule has 0 saturated heterocycles. The minimum atomic E-state index is -0.436. The quantitative estimate of drug-likeness (QED) is 0.787. The highest BCUT2D eigenvalue weighted by atomic mass is 16.2. The van der Waals surface area contributed by atoms with Crippen molar-refractivity contribution in [1.29, 1.82) is 0 Å². The van der Waals surface area contributed by atoms with Crippen LogP contribution in [0.15, 0.2) is 47.7 Å². The predicted molar refractivity (Wildman–Crippen MR) is 85.2 cm³/mol. The first-order valence-electron chi connectivity index (χ1n) is 7.37. The number of nitrogens with one attached hydrogen (secondary N) is 1. The van der Waals surface area contributed by atoms with E-state index in [1.54, 1.807) is 35.3 Å². The second kappa shape index (κ2) is 6.04. The summed E-state index contributed by atoms with van der Waals surface area (Å²) in [5, 5.41) is 6.99. The van der Waals surface area contributed by atoms with Gasteiger partial charge in [0.25, 0.3) is 11.5 Å². The van der Waals surface area contributed by atoms with Gasteiger partial charge in [0.2, 0.25) is 0 Å². The minimum Gasteiger partial charge on any atom is -0.343 e. The van der Waals surface area contributed by atoms with Crippen LogP contribution in [0, 0.1) is 0 Å². The molecule has 0 aliphatic heterocycles. The van der Waals surface area contributed by atoms with E-state index in [0.29, 0.717) is 12.1 Å². The van der Waals surface area contributed by atoms with Gasteiger partial charge in [0.05, 0.1) is 11.7 Å². The van der Waals surface area contributed by atoms with E-state index in [2.05, 4.69) is 15.4 Å². The van der Waals surface area contributed by atoms with Gasteiger partial charge < -0.3 is 5.32 Å². The van der Waals surface area contributed by atoms with Gasteiger partial charge in [0, 0.05) is 25.6 Å². The van der Waals surface area contributed by atoms with E-state index in [9.17, 15) is 9.59 Å². The molecular formula is C16H17N5O2. The molecule has 1 amide bonds. The normalized spacial score (nSPS) is 12.3. The molecule has 7 heteroatoms. The Morgan fingerprint density at radius 1 is 1.35 bits per heavy atom. The fraction of sp³-hybridized carbons (Fsp3) is 0.250. The molecule has 118 valence electrons. The summed E-state index contributed by atoms with van der Waals surface area (Å²) in [5.74, 6) is -0.436. The molecule has 0 radical (unpaired) electrons. The Bertz CT molecular complexity index is 912. The molecule has 3 heterocycles. The summed E-state index contributed by atoms with van der Waals surface area (Å²) < 4.78 is 3.07. The smallest absolute Gasteiger partial charge is 0.270 e. The fourth-order valence-electron chi connectivity index (χ4n) is 2.53. The molecule has 3 rings (SSSR count). The molecule has 7 nitrogen and oxygen atoms in total. The van der Waals surface area contributed by atoms with Gasteiger partial charge in [-0.2, -0.15) is 5.10 Å². The molecule has 0 bridgehead atoms. The van der Waals surface area contributed by atoms with Crippen molar-refractivity contribution < 1.29 is 4.79 Å². The van der Waals surface area contributed by atoms with Gasteiger partial charge in [0.15, 0.2) is 0 Å². The van der Waals surface area contributed by atoms with Crippen molar-refractivity contribution in [3.8, 4) is 0 Å². The molecule has 0 fully saturated rings. The van der Waals surface area contributed by atoms with Crippen molar-refractivity contribution in [2.75, 3.05) is 0 Å². The van der Waals surface area contributed by atoms with E-state index >= 15 is 0 Å². The van der Waals surface area contributed by atoms with Crippen LogP contribution in [0.25, 0.3) is 5.65 Å². The molecule has 1 atom stereocenters. The summed E-state index contributed by atoms with van der Waals surface area (Å²) in [6, 6.07) is 6.86. The van der Waals surface area contributed by atoms with Crippen LogP contribution in [-0.2, 0) is 7.05 Å². The molecule has 0 aliphatic carbocycles. The fourth-order valence-corrected chi connectivity index (χ4v) is 2.53. The van der Waals surface area contributed by atoms with E-state index in [1.807, 2.05) is 20.0 Å². The molecule has 0 spiro atoms. The van der Waals surface area contributed by atoms with Crippen molar-refractivity contribution in [3.63, 3.8) is 0 Å². The molecule has 3 aromatic rings. The van der Waals surface area contributed by atoms with Crippen molar-refractivity contribution in [1.82, 2.24) is 24.5 Å². The summed E-state index contributed by atoms with van der Waals surface area (Å²) in [6.45, 7) is 1.96. The van der Waals surface area contributed by atoms with Crippen LogP contribution in [0.2, 0.25) is 0 Å². The third kappa shape index (κ3) is 2.73. The number of rotatable bonds is 4. The number of fused-ring (bicyclic) bond motifs is 1. The number of hydrogen-bond donors (Lipinski definition) is 1. The number of nitrogens with zero attached hydrogens (tertiary/aromatic N) is 4. The van der Waals surface area contributed by atoms with Crippen LogP contribution in [0.1, 0.15) is 35.4 Å². The molecular weight excluding hydrogens is 294 g/mol. The van der Waals surface area contributed by atoms with Crippen molar-refractivity contribution in [2.24, 2.45) is 7.05 Å². The van der Waals surface area contributed by atoms with Gasteiger partial charge >= 0.3 is 0 Å². The topological polar surface area (TPSA) is 81.3 Å². The van der Waals surface area contributed by atoms with Gasteiger partial charge in [-0.05, 0) is 24.6 Å². The number of amides is 1. The molecule has 1 unspecified atom stereocenters. The number of carbonyl (C=O) groups is 1. The van der Waals surface area contributed by atoms with Crippen molar-refractivity contribution >= 4 is 11.6 Å². The third-order valence-corrected chi connectivity index (χ3v) is 3.79. The van der Waals surface area contributed by atoms with Crippen LogP contribution >= 0.6 is 0 Å². The zero-order valence-electron chi connectivity index (χ0n) is 12.9. The van der Waals surface area contributed by atoms with E-state index in [0.717, 1.165) is 5.69 Å². The van der Waals surface area contributed by atoms with Gasteiger partial charge in [0.1, 0.15) is 11.2 Å². The lowest BCUT2D eigenvalue weighted by atomic mass is 10.1. The molecule has 0 aliphatic rings. The van der Waals surface area contributed by atoms with Gasteiger partial charge in [-0.3, -0.25) is 18.7 Å². The summed E-state index contributed by atoms with van der Waals surface area (Å²) >= 11 is 0. The summed E-state index contributed by atoms with van der Waals surface area (Å²) in [6.07, 6.45) is 5.28. The van der Waals surface area contributed by atoms with Gasteiger partial charge in [-0.15, -0.1) is 0 Å². The average molecular weight is 311 g/mol. The summed E-state index contributed by atoms with van der Waals surface area (Å²) in [5.41, 5.74) is 1.03.